The molecule has 0 bridgehead atoms. The van der Waals surface area contributed by atoms with E-state index in [1.165, 1.54) is 50.8 Å². The maximum Gasteiger partial charge on any atom is 0.0229 e. The van der Waals surface area contributed by atoms with Gasteiger partial charge in [0.15, 0.2) is 0 Å². The first kappa shape index (κ1) is 14.3. The Morgan fingerprint density at radius 3 is 2.88 bits per heavy atom. The maximum atomic E-state index is 5.95. The first-order chi connectivity index (χ1) is 7.83. The van der Waals surface area contributed by atoms with Crippen LogP contribution in [0.25, 0.3) is 0 Å². The summed E-state index contributed by atoms with van der Waals surface area (Å²) in [5.41, 5.74) is 5.95. The topological polar surface area (TPSA) is 29.3 Å². The van der Waals surface area contributed by atoms with E-state index in [1.54, 1.807) is 0 Å². The molecule has 2 unspecified atom stereocenters. The van der Waals surface area contributed by atoms with Gasteiger partial charge in [-0.2, -0.15) is 11.8 Å². The van der Waals surface area contributed by atoms with E-state index in [0.29, 0.717) is 6.04 Å². The van der Waals surface area contributed by atoms with Crippen LogP contribution in [-0.2, 0) is 0 Å². The molecule has 0 spiro atoms. The van der Waals surface area contributed by atoms with Crippen molar-refractivity contribution in [2.24, 2.45) is 5.73 Å². The second-order valence-electron chi connectivity index (χ2n) is 4.85. The summed E-state index contributed by atoms with van der Waals surface area (Å²) < 4.78 is 0. The molecule has 1 heterocycles. The van der Waals surface area contributed by atoms with Gasteiger partial charge in [0, 0.05) is 18.6 Å². The molecular formula is C13H28N2S. The fraction of sp³-hybridized carbons (Fsp3) is 1.00. The molecular weight excluding hydrogens is 216 g/mol. The molecule has 2 nitrogen and oxygen atoms in total. The van der Waals surface area contributed by atoms with Crippen LogP contribution in [0.3, 0.4) is 0 Å². The van der Waals surface area contributed by atoms with Crippen LogP contribution < -0.4 is 5.73 Å². The number of nitrogens with zero attached hydrogens (tertiary/aromatic N) is 1. The minimum absolute atomic E-state index is 0.629. The Labute approximate surface area is 105 Å². The van der Waals surface area contributed by atoms with Gasteiger partial charge in [-0.3, -0.25) is 4.90 Å². The van der Waals surface area contributed by atoms with Gasteiger partial charge in [0.05, 0.1) is 0 Å². The van der Waals surface area contributed by atoms with Crippen LogP contribution in [0.4, 0.5) is 0 Å². The fourth-order valence-corrected chi connectivity index (χ4v) is 3.33. The van der Waals surface area contributed by atoms with E-state index in [1.807, 2.05) is 11.8 Å². The number of nitrogens with two attached hydrogens (primary N) is 1. The maximum absolute atomic E-state index is 5.95. The van der Waals surface area contributed by atoms with Crippen LogP contribution in [0, 0.1) is 0 Å². The Morgan fingerprint density at radius 2 is 2.25 bits per heavy atom. The van der Waals surface area contributed by atoms with Crippen molar-refractivity contribution in [3.05, 3.63) is 0 Å². The van der Waals surface area contributed by atoms with Crippen molar-refractivity contribution in [1.29, 1.82) is 0 Å². The molecule has 1 aliphatic heterocycles. The smallest absolute Gasteiger partial charge is 0.0229 e. The highest BCUT2D eigenvalue weighted by Gasteiger charge is 2.26. The summed E-state index contributed by atoms with van der Waals surface area (Å²) in [6.07, 6.45) is 10.3. The van der Waals surface area contributed by atoms with Gasteiger partial charge in [0.25, 0.3) is 0 Å². The summed E-state index contributed by atoms with van der Waals surface area (Å²) in [4.78, 5) is 2.71. The Hall–Kier alpha value is 0.270. The van der Waals surface area contributed by atoms with Crippen molar-refractivity contribution in [1.82, 2.24) is 4.90 Å². The van der Waals surface area contributed by atoms with Crippen LogP contribution >= 0.6 is 11.8 Å². The Kier molecular flexibility index (Phi) is 7.50. The highest BCUT2D eigenvalue weighted by atomic mass is 32.2. The third-order valence-corrected chi connectivity index (χ3v) is 4.33. The summed E-state index contributed by atoms with van der Waals surface area (Å²) in [7, 11) is 0. The lowest BCUT2D eigenvalue weighted by Crippen LogP contribution is -2.49. The predicted molar refractivity (Wildman–Crippen MR) is 75.1 cm³/mol. The van der Waals surface area contributed by atoms with Gasteiger partial charge in [-0.05, 0) is 44.2 Å². The average molecular weight is 244 g/mol. The van der Waals surface area contributed by atoms with Gasteiger partial charge >= 0.3 is 0 Å². The summed E-state index contributed by atoms with van der Waals surface area (Å²) in [5, 5.41) is 0. The summed E-state index contributed by atoms with van der Waals surface area (Å²) in [6.45, 7) is 4.41. The van der Waals surface area contributed by atoms with E-state index in [-0.39, 0.29) is 0 Å². The van der Waals surface area contributed by atoms with Crippen LogP contribution in [0.2, 0.25) is 0 Å². The molecule has 1 saturated heterocycles. The molecule has 0 aromatic heterocycles. The van der Waals surface area contributed by atoms with Gasteiger partial charge in [-0.15, -0.1) is 0 Å². The zero-order chi connectivity index (χ0) is 11.8. The molecule has 3 heteroatoms. The van der Waals surface area contributed by atoms with Crippen LogP contribution in [0.5, 0.6) is 0 Å². The Balaban J connectivity index is 2.49. The molecule has 2 N–H and O–H groups in total. The normalized spacial score (nSPS) is 24.6. The molecule has 0 aromatic rings. The van der Waals surface area contributed by atoms with Gasteiger partial charge in [-0.1, -0.05) is 19.8 Å². The zero-order valence-corrected chi connectivity index (χ0v) is 11.8. The van der Waals surface area contributed by atoms with Crippen LogP contribution in [0.15, 0.2) is 0 Å². The number of piperidine rings is 1. The van der Waals surface area contributed by atoms with Gasteiger partial charge in [0.2, 0.25) is 0 Å². The average Bonchev–Trinajstić information content (AvgIpc) is 2.32. The van der Waals surface area contributed by atoms with E-state index in [4.69, 9.17) is 5.73 Å². The number of hydrogen-bond donors (Lipinski definition) is 1. The highest BCUT2D eigenvalue weighted by molar-refractivity contribution is 7.98. The first-order valence-corrected chi connectivity index (χ1v) is 8.17. The lowest BCUT2D eigenvalue weighted by Gasteiger charge is -2.41. The number of likely N-dealkylation sites (tertiary alicyclic amines) is 1. The second-order valence-corrected chi connectivity index (χ2v) is 5.83. The monoisotopic (exact) mass is 244 g/mol. The molecule has 96 valence electrons. The molecule has 0 aromatic carbocycles. The SMILES string of the molecule is CCCC1CCCCN1C(CN)CCSC. The zero-order valence-electron chi connectivity index (χ0n) is 11.0. The van der Waals surface area contributed by atoms with Gasteiger partial charge in [-0.25, -0.2) is 0 Å². The quantitative estimate of drug-likeness (QED) is 0.746. The minimum Gasteiger partial charge on any atom is -0.329 e. The summed E-state index contributed by atoms with van der Waals surface area (Å²) in [5.74, 6) is 1.25. The summed E-state index contributed by atoms with van der Waals surface area (Å²) in [6, 6.07) is 1.44. The van der Waals surface area contributed by atoms with E-state index in [0.717, 1.165) is 12.6 Å². The number of rotatable bonds is 7. The van der Waals surface area contributed by atoms with Crippen LogP contribution in [0.1, 0.15) is 45.4 Å². The molecule has 1 rings (SSSR count). The molecule has 1 fully saturated rings. The summed E-state index contributed by atoms with van der Waals surface area (Å²) >= 11 is 1.94. The van der Waals surface area contributed by atoms with Crippen LogP contribution in [-0.4, -0.2) is 42.1 Å². The van der Waals surface area contributed by atoms with Crippen molar-refractivity contribution in [2.45, 2.75) is 57.5 Å². The van der Waals surface area contributed by atoms with Crippen molar-refractivity contribution in [2.75, 3.05) is 25.1 Å². The highest BCUT2D eigenvalue weighted by Crippen LogP contribution is 2.24. The van der Waals surface area contributed by atoms with E-state index < -0.39 is 0 Å². The van der Waals surface area contributed by atoms with E-state index in [9.17, 15) is 0 Å². The molecule has 0 amide bonds. The Morgan fingerprint density at radius 1 is 1.44 bits per heavy atom. The Bertz CT molecular complexity index is 173. The van der Waals surface area contributed by atoms with Crippen molar-refractivity contribution < 1.29 is 0 Å². The third kappa shape index (κ3) is 4.27. The number of thioether (sulfide) groups is 1. The minimum atomic E-state index is 0.629. The lowest BCUT2D eigenvalue weighted by atomic mass is 9.95. The number of hydrogen-bond acceptors (Lipinski definition) is 3. The standard InChI is InChI=1S/C13H28N2S/c1-3-6-12-7-4-5-9-15(12)13(11-14)8-10-16-2/h12-13H,3-11,14H2,1-2H3. The lowest BCUT2D eigenvalue weighted by molar-refractivity contribution is 0.0899. The fourth-order valence-electron chi connectivity index (χ4n) is 2.82. The van der Waals surface area contributed by atoms with Crippen molar-refractivity contribution in [3.8, 4) is 0 Å². The molecule has 0 aliphatic carbocycles. The predicted octanol–water partition coefficient (Wildman–Crippen LogP) is 2.72. The van der Waals surface area contributed by atoms with Gasteiger partial charge in [0.1, 0.15) is 0 Å². The molecule has 2 atom stereocenters. The largest absolute Gasteiger partial charge is 0.329 e. The molecule has 16 heavy (non-hydrogen) atoms. The van der Waals surface area contributed by atoms with Crippen molar-refractivity contribution in [3.63, 3.8) is 0 Å². The molecule has 0 radical (unpaired) electrons. The van der Waals surface area contributed by atoms with E-state index >= 15 is 0 Å². The molecule has 1 aliphatic rings. The molecule has 0 saturated carbocycles. The van der Waals surface area contributed by atoms with E-state index in [2.05, 4.69) is 18.1 Å². The van der Waals surface area contributed by atoms with Crippen molar-refractivity contribution >= 4 is 11.8 Å². The third-order valence-electron chi connectivity index (χ3n) is 3.69. The second kappa shape index (κ2) is 8.37. The first-order valence-electron chi connectivity index (χ1n) is 6.78. The van der Waals surface area contributed by atoms with Gasteiger partial charge < -0.3 is 5.73 Å².